The van der Waals surface area contributed by atoms with Crippen LogP contribution in [0, 0.1) is 0 Å². The molecule has 0 aromatic heterocycles. The molecule has 0 spiro atoms. The zero-order valence-electron chi connectivity index (χ0n) is 13.0. The SMILES string of the molecule is SNc1ccc2c(c1-c1cccc3c1CCCC3)CCCC2. The van der Waals surface area contributed by atoms with Crippen molar-refractivity contribution in [3.63, 3.8) is 0 Å². The summed E-state index contributed by atoms with van der Waals surface area (Å²) in [5.41, 5.74) is 10.3. The topological polar surface area (TPSA) is 12.0 Å². The first-order chi connectivity index (χ1) is 10.9. The zero-order chi connectivity index (χ0) is 14.9. The molecule has 1 nitrogen and oxygen atoms in total. The molecule has 0 atom stereocenters. The molecule has 0 bridgehead atoms. The van der Waals surface area contributed by atoms with Crippen molar-refractivity contribution in [1.82, 2.24) is 0 Å². The van der Waals surface area contributed by atoms with Crippen molar-refractivity contribution in [2.75, 3.05) is 4.72 Å². The highest BCUT2D eigenvalue weighted by Crippen LogP contribution is 2.41. The summed E-state index contributed by atoms with van der Waals surface area (Å²) in [4.78, 5) is 0. The van der Waals surface area contributed by atoms with Gasteiger partial charge >= 0.3 is 0 Å². The van der Waals surface area contributed by atoms with Gasteiger partial charge in [0.1, 0.15) is 0 Å². The lowest BCUT2D eigenvalue weighted by Crippen LogP contribution is -2.09. The molecule has 114 valence electrons. The highest BCUT2D eigenvalue weighted by Gasteiger charge is 2.21. The van der Waals surface area contributed by atoms with Crippen molar-refractivity contribution in [2.45, 2.75) is 51.4 Å². The van der Waals surface area contributed by atoms with Crippen LogP contribution in [0.1, 0.15) is 47.9 Å². The van der Waals surface area contributed by atoms with E-state index >= 15 is 0 Å². The van der Waals surface area contributed by atoms with Crippen LogP contribution < -0.4 is 4.72 Å². The van der Waals surface area contributed by atoms with Gasteiger partial charge in [0.05, 0.1) is 5.69 Å². The quantitative estimate of drug-likeness (QED) is 0.711. The molecule has 22 heavy (non-hydrogen) atoms. The van der Waals surface area contributed by atoms with Crippen molar-refractivity contribution in [3.8, 4) is 11.1 Å². The standard InChI is InChI=1S/C20H23NS/c22-21-19-13-12-15-7-2-4-10-17(15)20(19)18-11-5-8-14-6-1-3-9-16(14)18/h5,8,11-13,21-22H,1-4,6-7,9-10H2. The van der Waals surface area contributed by atoms with Crippen molar-refractivity contribution >= 4 is 18.5 Å². The monoisotopic (exact) mass is 309 g/mol. The van der Waals surface area contributed by atoms with Gasteiger partial charge in [0, 0.05) is 5.56 Å². The molecule has 0 unspecified atom stereocenters. The lowest BCUT2D eigenvalue weighted by molar-refractivity contribution is 0.682. The number of aryl methyl sites for hydroxylation is 2. The Morgan fingerprint density at radius 2 is 1.41 bits per heavy atom. The highest BCUT2D eigenvalue weighted by molar-refractivity contribution is 7.81. The Morgan fingerprint density at radius 3 is 2.18 bits per heavy atom. The molecule has 4 rings (SSSR count). The van der Waals surface area contributed by atoms with Crippen molar-refractivity contribution in [3.05, 3.63) is 52.6 Å². The van der Waals surface area contributed by atoms with Crippen LogP contribution in [0.2, 0.25) is 0 Å². The summed E-state index contributed by atoms with van der Waals surface area (Å²) in [5.74, 6) is 0. The number of rotatable bonds is 2. The lowest BCUT2D eigenvalue weighted by Gasteiger charge is -2.26. The number of hydrogen-bond acceptors (Lipinski definition) is 2. The van der Waals surface area contributed by atoms with Crippen LogP contribution in [0.15, 0.2) is 30.3 Å². The minimum atomic E-state index is 1.17. The third-order valence-electron chi connectivity index (χ3n) is 5.32. The van der Waals surface area contributed by atoms with Gasteiger partial charge in [-0.25, -0.2) is 0 Å². The van der Waals surface area contributed by atoms with Gasteiger partial charge in [-0.1, -0.05) is 37.1 Å². The molecule has 2 aromatic rings. The van der Waals surface area contributed by atoms with E-state index in [4.69, 9.17) is 0 Å². The van der Waals surface area contributed by atoms with Gasteiger partial charge < -0.3 is 4.72 Å². The van der Waals surface area contributed by atoms with E-state index in [1.165, 1.54) is 68.2 Å². The largest absolute Gasteiger partial charge is 0.332 e. The summed E-state index contributed by atoms with van der Waals surface area (Å²) in [6, 6.07) is 11.4. The Bertz CT molecular complexity index is 705. The Kier molecular flexibility index (Phi) is 3.87. The molecule has 0 radical (unpaired) electrons. The van der Waals surface area contributed by atoms with Crippen LogP contribution in [-0.4, -0.2) is 0 Å². The second kappa shape index (κ2) is 6.00. The third-order valence-corrected chi connectivity index (χ3v) is 5.56. The maximum atomic E-state index is 4.37. The maximum Gasteiger partial charge on any atom is 0.0520 e. The van der Waals surface area contributed by atoms with Gasteiger partial charge in [0.2, 0.25) is 0 Å². The van der Waals surface area contributed by atoms with Crippen molar-refractivity contribution in [1.29, 1.82) is 0 Å². The number of thiol groups is 1. The van der Waals surface area contributed by atoms with Gasteiger partial charge in [0.25, 0.3) is 0 Å². The molecular formula is C20H23NS. The molecule has 0 saturated carbocycles. The molecule has 0 heterocycles. The van der Waals surface area contributed by atoms with E-state index in [1.807, 2.05) is 0 Å². The number of fused-ring (bicyclic) bond motifs is 2. The summed E-state index contributed by atoms with van der Waals surface area (Å²) in [6.07, 6.45) is 10.2. The predicted octanol–water partition coefficient (Wildman–Crippen LogP) is 5.37. The minimum absolute atomic E-state index is 1.17. The molecule has 0 saturated heterocycles. The number of nitrogens with one attached hydrogen (secondary N) is 1. The zero-order valence-corrected chi connectivity index (χ0v) is 13.9. The van der Waals surface area contributed by atoms with Crippen LogP contribution in [0.3, 0.4) is 0 Å². The van der Waals surface area contributed by atoms with Crippen molar-refractivity contribution in [2.24, 2.45) is 0 Å². The van der Waals surface area contributed by atoms with Crippen molar-refractivity contribution < 1.29 is 0 Å². The van der Waals surface area contributed by atoms with Gasteiger partial charge in [-0.2, -0.15) is 0 Å². The fourth-order valence-electron chi connectivity index (χ4n) is 4.24. The molecule has 0 aliphatic heterocycles. The normalized spacial score (nSPS) is 16.8. The molecule has 2 aliphatic carbocycles. The molecule has 2 aliphatic rings. The minimum Gasteiger partial charge on any atom is -0.332 e. The molecule has 0 amide bonds. The average molecular weight is 309 g/mol. The summed E-state index contributed by atoms with van der Waals surface area (Å²) >= 11 is 4.37. The van der Waals surface area contributed by atoms with E-state index in [9.17, 15) is 0 Å². The molecule has 2 heteroatoms. The van der Waals surface area contributed by atoms with E-state index in [-0.39, 0.29) is 0 Å². The maximum absolute atomic E-state index is 4.37. The predicted molar refractivity (Wildman–Crippen MR) is 97.8 cm³/mol. The van der Waals surface area contributed by atoms with E-state index in [2.05, 4.69) is 47.9 Å². The summed E-state index contributed by atoms with van der Waals surface area (Å²) in [5, 5.41) is 0. The fraction of sp³-hybridized carbons (Fsp3) is 0.400. The first-order valence-electron chi connectivity index (χ1n) is 8.54. The molecule has 2 aromatic carbocycles. The van der Waals surface area contributed by atoms with E-state index in [0.29, 0.717) is 0 Å². The van der Waals surface area contributed by atoms with E-state index in [0.717, 1.165) is 0 Å². The second-order valence-corrected chi connectivity index (χ2v) is 6.82. The van der Waals surface area contributed by atoms with E-state index < -0.39 is 0 Å². The molecule has 0 fully saturated rings. The Balaban J connectivity index is 1.96. The first-order valence-corrected chi connectivity index (χ1v) is 8.99. The smallest absolute Gasteiger partial charge is 0.0520 e. The van der Waals surface area contributed by atoms with Gasteiger partial charge in [-0.15, -0.1) is 0 Å². The Labute approximate surface area is 138 Å². The second-order valence-electron chi connectivity index (χ2n) is 6.60. The fourth-order valence-corrected chi connectivity index (χ4v) is 4.43. The lowest BCUT2D eigenvalue weighted by atomic mass is 9.80. The number of anilines is 1. The third kappa shape index (κ3) is 2.34. The summed E-state index contributed by atoms with van der Waals surface area (Å²) < 4.78 is 3.15. The first kappa shape index (κ1) is 14.2. The summed E-state index contributed by atoms with van der Waals surface area (Å²) in [7, 11) is 0. The Hall–Kier alpha value is -1.41. The Morgan fingerprint density at radius 1 is 0.727 bits per heavy atom. The average Bonchev–Trinajstić information content (AvgIpc) is 2.60. The van der Waals surface area contributed by atoms with Gasteiger partial charge in [-0.3, -0.25) is 0 Å². The van der Waals surface area contributed by atoms with Crippen LogP contribution in [0.25, 0.3) is 11.1 Å². The van der Waals surface area contributed by atoms with Crippen LogP contribution in [0.4, 0.5) is 5.69 Å². The van der Waals surface area contributed by atoms with Crippen LogP contribution in [0.5, 0.6) is 0 Å². The van der Waals surface area contributed by atoms with E-state index in [1.54, 1.807) is 22.3 Å². The number of benzene rings is 2. The van der Waals surface area contributed by atoms with Crippen LogP contribution >= 0.6 is 12.8 Å². The van der Waals surface area contributed by atoms with Gasteiger partial charge in [0.15, 0.2) is 0 Å². The van der Waals surface area contributed by atoms with Crippen LogP contribution in [-0.2, 0) is 25.7 Å². The van der Waals surface area contributed by atoms with Gasteiger partial charge in [-0.05, 0) is 85.3 Å². The molecular weight excluding hydrogens is 286 g/mol. The molecule has 1 N–H and O–H groups in total. The highest BCUT2D eigenvalue weighted by atomic mass is 32.1. The number of hydrogen-bond donors (Lipinski definition) is 2. The summed E-state index contributed by atoms with van der Waals surface area (Å²) in [6.45, 7) is 0.